The number of nitrogens with zero attached hydrogens (tertiary/aromatic N) is 1. The summed E-state index contributed by atoms with van der Waals surface area (Å²) in [5.41, 5.74) is 1.03. The van der Waals surface area contributed by atoms with Gasteiger partial charge in [0, 0.05) is 18.3 Å². The molecule has 0 heterocycles. The second-order valence-electron chi connectivity index (χ2n) is 2.37. The normalized spacial score (nSPS) is 10.5. The molecule has 0 aliphatic carbocycles. The molecule has 0 aliphatic rings. The van der Waals surface area contributed by atoms with E-state index in [1.54, 1.807) is 7.11 Å². The lowest BCUT2D eigenvalue weighted by Crippen LogP contribution is -1.89. The Morgan fingerprint density at radius 1 is 1.42 bits per heavy atom. The van der Waals surface area contributed by atoms with Gasteiger partial charge in [0.25, 0.3) is 0 Å². The molecule has 64 valence electrons. The molecule has 0 spiro atoms. The Kier molecular flexibility index (Phi) is 3.33. The molecule has 0 atom stereocenters. The van der Waals surface area contributed by atoms with E-state index in [1.165, 1.54) is 0 Å². The summed E-state index contributed by atoms with van der Waals surface area (Å²) >= 11 is 0. The number of methoxy groups -OCH3 is 1. The monoisotopic (exact) mass is 163 g/mol. The second kappa shape index (κ2) is 4.54. The van der Waals surface area contributed by atoms with Gasteiger partial charge in [-0.1, -0.05) is 12.1 Å². The van der Waals surface area contributed by atoms with Gasteiger partial charge in [-0.15, -0.1) is 0 Å². The summed E-state index contributed by atoms with van der Waals surface area (Å²) < 4.78 is 5.15. The Labute approximate surface area is 72.9 Å². The molecule has 1 aromatic carbocycles. The topological polar surface area (TPSA) is 21.6 Å². The minimum atomic E-state index is 0.804. The van der Waals surface area contributed by atoms with Crippen LogP contribution < -0.4 is 4.74 Å². The molecule has 0 aromatic heterocycles. The van der Waals surface area contributed by atoms with Crippen LogP contribution in [0.3, 0.4) is 0 Å². The standard InChI is InChI=1S/C10H13NO/c1-3-11-8-9-6-4-5-7-10(9)12-2/h4-8H,3H2,1-2H3. The zero-order valence-corrected chi connectivity index (χ0v) is 7.45. The molecule has 0 radical (unpaired) electrons. The van der Waals surface area contributed by atoms with E-state index >= 15 is 0 Å². The van der Waals surface area contributed by atoms with Gasteiger partial charge in [0.2, 0.25) is 0 Å². The predicted octanol–water partition coefficient (Wildman–Crippen LogP) is 2.13. The summed E-state index contributed by atoms with van der Waals surface area (Å²) in [7, 11) is 1.67. The van der Waals surface area contributed by atoms with Crippen LogP contribution >= 0.6 is 0 Å². The minimum absolute atomic E-state index is 0.804. The van der Waals surface area contributed by atoms with Crippen molar-refractivity contribution in [2.75, 3.05) is 13.7 Å². The highest BCUT2D eigenvalue weighted by atomic mass is 16.5. The zero-order valence-electron chi connectivity index (χ0n) is 7.45. The molecule has 0 saturated heterocycles. The van der Waals surface area contributed by atoms with Crippen LogP contribution in [-0.4, -0.2) is 19.9 Å². The Bertz CT molecular complexity index is 268. The van der Waals surface area contributed by atoms with Crippen LogP contribution in [0.4, 0.5) is 0 Å². The molecule has 12 heavy (non-hydrogen) atoms. The van der Waals surface area contributed by atoms with Gasteiger partial charge < -0.3 is 4.74 Å². The van der Waals surface area contributed by atoms with Crippen molar-refractivity contribution in [2.45, 2.75) is 6.92 Å². The maximum atomic E-state index is 5.15. The fourth-order valence-corrected chi connectivity index (χ4v) is 0.963. The van der Waals surface area contributed by atoms with Crippen molar-refractivity contribution in [2.24, 2.45) is 4.99 Å². The van der Waals surface area contributed by atoms with E-state index in [9.17, 15) is 0 Å². The Balaban J connectivity index is 2.89. The third-order valence-corrected chi connectivity index (χ3v) is 1.55. The van der Waals surface area contributed by atoms with Gasteiger partial charge in [0.1, 0.15) is 5.75 Å². The first-order valence-electron chi connectivity index (χ1n) is 4.01. The molecule has 0 bridgehead atoms. The molecule has 0 fully saturated rings. The number of benzene rings is 1. The quantitative estimate of drug-likeness (QED) is 0.625. The van der Waals surface area contributed by atoms with E-state index in [4.69, 9.17) is 4.74 Å². The molecule has 2 nitrogen and oxygen atoms in total. The van der Waals surface area contributed by atoms with Crippen molar-refractivity contribution in [3.8, 4) is 5.75 Å². The van der Waals surface area contributed by atoms with E-state index in [0.29, 0.717) is 0 Å². The van der Waals surface area contributed by atoms with E-state index < -0.39 is 0 Å². The number of ether oxygens (including phenoxy) is 1. The molecule has 0 amide bonds. The van der Waals surface area contributed by atoms with E-state index in [-0.39, 0.29) is 0 Å². The lowest BCUT2D eigenvalue weighted by molar-refractivity contribution is 0.414. The van der Waals surface area contributed by atoms with Crippen LogP contribution in [0.1, 0.15) is 12.5 Å². The fraction of sp³-hybridized carbons (Fsp3) is 0.300. The van der Waals surface area contributed by atoms with Crippen molar-refractivity contribution in [1.29, 1.82) is 0 Å². The van der Waals surface area contributed by atoms with Crippen molar-refractivity contribution >= 4 is 6.21 Å². The molecule has 0 saturated carbocycles. The van der Waals surface area contributed by atoms with Gasteiger partial charge in [-0.05, 0) is 19.1 Å². The Morgan fingerprint density at radius 2 is 2.17 bits per heavy atom. The van der Waals surface area contributed by atoms with E-state index in [1.807, 2.05) is 37.4 Å². The number of hydrogen-bond acceptors (Lipinski definition) is 2. The molecule has 1 rings (SSSR count). The third-order valence-electron chi connectivity index (χ3n) is 1.55. The number of para-hydroxylation sites is 1. The van der Waals surface area contributed by atoms with Gasteiger partial charge in [-0.2, -0.15) is 0 Å². The lowest BCUT2D eigenvalue weighted by Gasteiger charge is -2.01. The van der Waals surface area contributed by atoms with E-state index in [0.717, 1.165) is 17.9 Å². The minimum Gasteiger partial charge on any atom is -0.496 e. The molecule has 1 aromatic rings. The number of aliphatic imine (C=N–C) groups is 1. The highest BCUT2D eigenvalue weighted by Crippen LogP contribution is 2.14. The van der Waals surface area contributed by atoms with Crippen LogP contribution in [0.25, 0.3) is 0 Å². The van der Waals surface area contributed by atoms with Gasteiger partial charge in [-0.25, -0.2) is 0 Å². The van der Waals surface area contributed by atoms with Crippen LogP contribution in [0.5, 0.6) is 5.75 Å². The number of rotatable bonds is 3. The summed E-state index contributed by atoms with van der Waals surface area (Å²) in [5, 5.41) is 0. The first-order chi connectivity index (χ1) is 5.88. The van der Waals surface area contributed by atoms with Gasteiger partial charge >= 0.3 is 0 Å². The van der Waals surface area contributed by atoms with Crippen molar-refractivity contribution in [1.82, 2.24) is 0 Å². The van der Waals surface area contributed by atoms with E-state index in [2.05, 4.69) is 4.99 Å². The van der Waals surface area contributed by atoms with Gasteiger partial charge in [0.05, 0.1) is 7.11 Å². The molecule has 2 heteroatoms. The molecular formula is C10H13NO. The molecule has 0 N–H and O–H groups in total. The summed E-state index contributed by atoms with van der Waals surface area (Å²) in [5.74, 6) is 0.870. The van der Waals surface area contributed by atoms with Crippen LogP contribution in [0.15, 0.2) is 29.3 Å². The van der Waals surface area contributed by atoms with Crippen LogP contribution in [0.2, 0.25) is 0 Å². The first-order valence-corrected chi connectivity index (χ1v) is 4.01. The van der Waals surface area contributed by atoms with Crippen molar-refractivity contribution in [3.63, 3.8) is 0 Å². The number of hydrogen-bond donors (Lipinski definition) is 0. The van der Waals surface area contributed by atoms with Crippen LogP contribution in [-0.2, 0) is 0 Å². The fourth-order valence-electron chi connectivity index (χ4n) is 0.963. The highest BCUT2D eigenvalue weighted by Gasteiger charge is 1.95. The molecule has 0 unspecified atom stereocenters. The second-order valence-corrected chi connectivity index (χ2v) is 2.37. The Hall–Kier alpha value is -1.31. The zero-order chi connectivity index (χ0) is 8.81. The SMILES string of the molecule is CCN=Cc1ccccc1OC. The summed E-state index contributed by atoms with van der Waals surface area (Å²) in [6.07, 6.45) is 1.83. The molecular weight excluding hydrogens is 150 g/mol. The lowest BCUT2D eigenvalue weighted by atomic mass is 10.2. The summed E-state index contributed by atoms with van der Waals surface area (Å²) in [4.78, 5) is 4.15. The first kappa shape index (κ1) is 8.78. The third kappa shape index (κ3) is 2.09. The average molecular weight is 163 g/mol. The average Bonchev–Trinajstić information content (AvgIpc) is 2.15. The van der Waals surface area contributed by atoms with Gasteiger partial charge in [-0.3, -0.25) is 4.99 Å². The summed E-state index contributed by atoms with van der Waals surface area (Å²) in [6, 6.07) is 7.83. The van der Waals surface area contributed by atoms with Crippen molar-refractivity contribution < 1.29 is 4.74 Å². The van der Waals surface area contributed by atoms with Crippen molar-refractivity contribution in [3.05, 3.63) is 29.8 Å². The Morgan fingerprint density at radius 3 is 2.83 bits per heavy atom. The highest BCUT2D eigenvalue weighted by molar-refractivity contribution is 5.83. The summed E-state index contributed by atoms with van der Waals surface area (Å²) in [6.45, 7) is 2.81. The smallest absolute Gasteiger partial charge is 0.127 e. The maximum absolute atomic E-state index is 5.15. The van der Waals surface area contributed by atoms with Gasteiger partial charge in [0.15, 0.2) is 0 Å². The molecule has 0 aliphatic heterocycles. The predicted molar refractivity (Wildman–Crippen MR) is 51.1 cm³/mol. The largest absolute Gasteiger partial charge is 0.496 e. The van der Waals surface area contributed by atoms with Crippen LogP contribution in [0, 0.1) is 0 Å². The maximum Gasteiger partial charge on any atom is 0.127 e.